The van der Waals surface area contributed by atoms with Gasteiger partial charge >= 0.3 is 5.97 Å². The number of aryl methyl sites for hydroxylation is 2. The third-order valence-electron chi connectivity index (χ3n) is 4.59. The summed E-state index contributed by atoms with van der Waals surface area (Å²) in [6.45, 7) is 6.25. The van der Waals surface area contributed by atoms with Crippen molar-refractivity contribution in [1.82, 2.24) is 19.6 Å². The van der Waals surface area contributed by atoms with Crippen molar-refractivity contribution in [3.05, 3.63) is 17.5 Å². The predicted molar refractivity (Wildman–Crippen MR) is 90.9 cm³/mol. The van der Waals surface area contributed by atoms with E-state index in [-0.39, 0.29) is 30.9 Å². The molecule has 0 aromatic carbocycles. The number of carboxylic acid groups (broad SMARTS) is 1. The van der Waals surface area contributed by atoms with Gasteiger partial charge in [-0.3, -0.25) is 19.1 Å². The van der Waals surface area contributed by atoms with Gasteiger partial charge in [-0.05, 0) is 39.2 Å². The molecule has 0 saturated carbocycles. The van der Waals surface area contributed by atoms with Crippen LogP contribution in [-0.2, 0) is 20.9 Å². The van der Waals surface area contributed by atoms with Crippen LogP contribution < -0.4 is 0 Å². The summed E-state index contributed by atoms with van der Waals surface area (Å²) in [7, 11) is 0. The molecular weight excluding hydrogens is 324 g/mol. The van der Waals surface area contributed by atoms with Crippen LogP contribution in [0, 0.1) is 13.8 Å². The molecule has 1 aromatic rings. The Morgan fingerprint density at radius 1 is 1.28 bits per heavy atom. The van der Waals surface area contributed by atoms with E-state index in [1.807, 2.05) is 19.9 Å². The summed E-state index contributed by atoms with van der Waals surface area (Å²) >= 11 is 0. The Balaban J connectivity index is 1.98. The fourth-order valence-corrected chi connectivity index (χ4v) is 3.35. The van der Waals surface area contributed by atoms with Gasteiger partial charge < -0.3 is 14.9 Å². The lowest BCUT2D eigenvalue weighted by molar-refractivity contribution is -0.145. The van der Waals surface area contributed by atoms with E-state index in [2.05, 4.69) is 5.10 Å². The van der Waals surface area contributed by atoms with Gasteiger partial charge in [0.2, 0.25) is 11.8 Å². The molecule has 1 fully saturated rings. The first kappa shape index (κ1) is 19.0. The molecule has 8 heteroatoms. The number of hydrogen-bond donors (Lipinski definition) is 1. The maximum absolute atomic E-state index is 12.6. The quantitative estimate of drug-likeness (QED) is 0.848. The van der Waals surface area contributed by atoms with E-state index < -0.39 is 5.97 Å². The van der Waals surface area contributed by atoms with Crippen LogP contribution in [0.15, 0.2) is 6.07 Å². The highest BCUT2D eigenvalue weighted by Gasteiger charge is 2.27. The van der Waals surface area contributed by atoms with Crippen molar-refractivity contribution in [2.45, 2.75) is 52.6 Å². The van der Waals surface area contributed by atoms with Gasteiger partial charge in [0.25, 0.3) is 0 Å². The number of rotatable bonds is 5. The molecule has 0 spiro atoms. The summed E-state index contributed by atoms with van der Waals surface area (Å²) in [6, 6.07) is 1.79. The highest BCUT2D eigenvalue weighted by molar-refractivity contribution is 5.80. The van der Waals surface area contributed by atoms with Crippen molar-refractivity contribution in [2.75, 3.05) is 19.6 Å². The van der Waals surface area contributed by atoms with Crippen molar-refractivity contribution >= 4 is 17.8 Å². The van der Waals surface area contributed by atoms with Gasteiger partial charge in [-0.15, -0.1) is 0 Å². The monoisotopic (exact) mass is 350 g/mol. The minimum absolute atomic E-state index is 0.000500. The highest BCUT2D eigenvalue weighted by Crippen LogP contribution is 2.18. The minimum Gasteiger partial charge on any atom is -0.480 e. The van der Waals surface area contributed by atoms with Gasteiger partial charge in [-0.25, -0.2) is 0 Å². The number of carboxylic acids is 1. The number of nitrogens with zero attached hydrogens (tertiary/aromatic N) is 4. The first-order chi connectivity index (χ1) is 11.8. The number of aromatic nitrogens is 2. The zero-order valence-corrected chi connectivity index (χ0v) is 15.1. The molecule has 0 radical (unpaired) electrons. The summed E-state index contributed by atoms with van der Waals surface area (Å²) < 4.78 is 1.70. The lowest BCUT2D eigenvalue weighted by Crippen LogP contribution is -2.43. The second-order valence-corrected chi connectivity index (χ2v) is 6.59. The molecular formula is C17H26N4O4. The van der Waals surface area contributed by atoms with Crippen molar-refractivity contribution in [1.29, 1.82) is 0 Å². The van der Waals surface area contributed by atoms with Crippen LogP contribution in [0.1, 0.15) is 37.6 Å². The molecule has 1 atom stereocenters. The SMILES string of the molecule is CC(=O)N(CC(=O)O)C1CCCN(C(=O)Cn2nc(C)cc2C)CC1. The zero-order chi connectivity index (χ0) is 18.6. The molecule has 138 valence electrons. The number of likely N-dealkylation sites (tertiary alicyclic amines) is 1. The van der Waals surface area contributed by atoms with E-state index in [0.717, 1.165) is 17.8 Å². The van der Waals surface area contributed by atoms with Gasteiger partial charge in [0, 0.05) is 31.7 Å². The Labute approximate surface area is 147 Å². The predicted octanol–water partition coefficient (Wildman–Crippen LogP) is 0.814. The van der Waals surface area contributed by atoms with E-state index >= 15 is 0 Å². The summed E-state index contributed by atoms with van der Waals surface area (Å²) in [5.74, 6) is -1.26. The fraction of sp³-hybridized carbons (Fsp3) is 0.647. The molecule has 1 aliphatic rings. The first-order valence-electron chi connectivity index (χ1n) is 8.55. The molecule has 1 saturated heterocycles. The Hall–Kier alpha value is -2.38. The Bertz CT molecular complexity index is 655. The zero-order valence-electron chi connectivity index (χ0n) is 15.1. The number of carbonyl (C=O) groups excluding carboxylic acids is 2. The Morgan fingerprint density at radius 3 is 2.56 bits per heavy atom. The maximum atomic E-state index is 12.6. The van der Waals surface area contributed by atoms with Crippen LogP contribution in [0.2, 0.25) is 0 Å². The highest BCUT2D eigenvalue weighted by atomic mass is 16.4. The van der Waals surface area contributed by atoms with Crippen LogP contribution in [-0.4, -0.2) is 68.1 Å². The molecule has 0 aliphatic carbocycles. The number of aliphatic carboxylic acids is 1. The average Bonchev–Trinajstić information content (AvgIpc) is 2.73. The van der Waals surface area contributed by atoms with Gasteiger partial charge in [-0.1, -0.05) is 0 Å². The molecule has 2 rings (SSSR count). The molecule has 1 unspecified atom stereocenters. The third-order valence-corrected chi connectivity index (χ3v) is 4.59. The van der Waals surface area contributed by atoms with E-state index in [9.17, 15) is 14.4 Å². The number of amides is 2. The second-order valence-electron chi connectivity index (χ2n) is 6.59. The molecule has 2 heterocycles. The molecule has 1 N–H and O–H groups in total. The number of hydrogen-bond acceptors (Lipinski definition) is 4. The van der Waals surface area contributed by atoms with Crippen molar-refractivity contribution in [2.24, 2.45) is 0 Å². The molecule has 25 heavy (non-hydrogen) atoms. The maximum Gasteiger partial charge on any atom is 0.323 e. The minimum atomic E-state index is -1.02. The van der Waals surface area contributed by atoms with Gasteiger partial charge in [-0.2, -0.15) is 5.10 Å². The summed E-state index contributed by atoms with van der Waals surface area (Å²) in [5.41, 5.74) is 1.83. The van der Waals surface area contributed by atoms with Gasteiger partial charge in [0.15, 0.2) is 0 Å². The van der Waals surface area contributed by atoms with Gasteiger partial charge in [0.05, 0.1) is 5.69 Å². The Kier molecular flexibility index (Phi) is 6.17. The smallest absolute Gasteiger partial charge is 0.323 e. The van der Waals surface area contributed by atoms with Crippen molar-refractivity contribution in [3.8, 4) is 0 Å². The lowest BCUT2D eigenvalue weighted by Gasteiger charge is -2.28. The molecule has 1 aromatic heterocycles. The summed E-state index contributed by atoms with van der Waals surface area (Å²) in [6.07, 6.45) is 2.04. The van der Waals surface area contributed by atoms with E-state index in [1.54, 1.807) is 9.58 Å². The molecule has 0 bridgehead atoms. The van der Waals surface area contributed by atoms with Crippen molar-refractivity contribution in [3.63, 3.8) is 0 Å². The van der Waals surface area contributed by atoms with Crippen LogP contribution in [0.4, 0.5) is 0 Å². The molecule has 1 aliphatic heterocycles. The number of carbonyl (C=O) groups is 3. The van der Waals surface area contributed by atoms with Crippen LogP contribution in [0.25, 0.3) is 0 Å². The van der Waals surface area contributed by atoms with E-state index in [1.165, 1.54) is 11.8 Å². The van der Waals surface area contributed by atoms with Crippen LogP contribution >= 0.6 is 0 Å². The first-order valence-corrected chi connectivity index (χ1v) is 8.55. The largest absolute Gasteiger partial charge is 0.480 e. The van der Waals surface area contributed by atoms with Crippen LogP contribution in [0.3, 0.4) is 0 Å². The topological polar surface area (TPSA) is 95.7 Å². The summed E-state index contributed by atoms with van der Waals surface area (Å²) in [5, 5.41) is 13.3. The average molecular weight is 350 g/mol. The summed E-state index contributed by atoms with van der Waals surface area (Å²) in [4.78, 5) is 38.5. The van der Waals surface area contributed by atoms with E-state index in [0.29, 0.717) is 25.9 Å². The van der Waals surface area contributed by atoms with E-state index in [4.69, 9.17) is 5.11 Å². The molecule has 8 nitrogen and oxygen atoms in total. The normalized spacial score (nSPS) is 17.9. The second kappa shape index (κ2) is 8.13. The Morgan fingerprint density at radius 2 is 2.00 bits per heavy atom. The third kappa shape index (κ3) is 5.04. The van der Waals surface area contributed by atoms with Crippen LogP contribution in [0.5, 0.6) is 0 Å². The lowest BCUT2D eigenvalue weighted by atomic mass is 10.1. The van der Waals surface area contributed by atoms with Crippen molar-refractivity contribution < 1.29 is 19.5 Å². The standard InChI is InChI=1S/C17H26N4O4/c1-12-9-13(2)21(18-12)10-16(23)19-7-4-5-15(6-8-19)20(14(3)22)11-17(24)25/h9,15H,4-8,10-11H2,1-3H3,(H,24,25). The molecule has 2 amide bonds. The fourth-order valence-electron chi connectivity index (χ4n) is 3.35. The van der Waals surface area contributed by atoms with Gasteiger partial charge in [0.1, 0.15) is 13.1 Å².